The van der Waals surface area contributed by atoms with Gasteiger partial charge in [0, 0.05) is 0 Å². The smallest absolute Gasteiger partial charge is 0.0757 e. The van der Waals surface area contributed by atoms with Crippen molar-refractivity contribution in [1.29, 1.82) is 0 Å². The number of hydrogen-bond donors (Lipinski definition) is 2. The quantitative estimate of drug-likeness (QED) is 0.474. The molecule has 0 aromatic heterocycles. The summed E-state index contributed by atoms with van der Waals surface area (Å²) in [5, 5.41) is 21.6. The molecule has 3 saturated carbocycles. The predicted molar refractivity (Wildman–Crippen MR) is 130 cm³/mol. The number of aliphatic hydroxyl groups is 2. The van der Waals surface area contributed by atoms with Crippen LogP contribution in [-0.4, -0.2) is 22.4 Å². The van der Waals surface area contributed by atoms with E-state index in [1.807, 2.05) is 0 Å². The summed E-state index contributed by atoms with van der Waals surface area (Å²) in [5.41, 5.74) is 1.90. The second-order valence-electron chi connectivity index (χ2n) is 12.6. The molecule has 10 atom stereocenters. The van der Waals surface area contributed by atoms with Crippen molar-refractivity contribution < 1.29 is 10.2 Å². The highest BCUT2D eigenvalue weighted by Gasteiger charge is 2.61. The highest BCUT2D eigenvalue weighted by atomic mass is 16.3. The van der Waals surface area contributed by atoms with Crippen LogP contribution in [0.25, 0.3) is 0 Å². The average molecular weight is 429 g/mol. The zero-order valence-electron chi connectivity index (χ0n) is 21.0. The summed E-state index contributed by atoms with van der Waals surface area (Å²) >= 11 is 0. The van der Waals surface area contributed by atoms with E-state index in [0.29, 0.717) is 40.9 Å². The fraction of sp³-hybridized carbons (Fsp3) is 0.862. The van der Waals surface area contributed by atoms with Crippen LogP contribution in [0.5, 0.6) is 0 Å². The van der Waals surface area contributed by atoms with Gasteiger partial charge in [-0.15, -0.1) is 0 Å². The van der Waals surface area contributed by atoms with Crippen molar-refractivity contribution in [3.8, 4) is 0 Å². The lowest BCUT2D eigenvalue weighted by Crippen LogP contribution is -2.54. The zero-order chi connectivity index (χ0) is 22.6. The summed E-state index contributed by atoms with van der Waals surface area (Å²) < 4.78 is 0. The minimum absolute atomic E-state index is 0.194. The van der Waals surface area contributed by atoms with Crippen molar-refractivity contribution in [1.82, 2.24) is 0 Å². The number of hydrogen-bond acceptors (Lipinski definition) is 2. The fourth-order valence-corrected chi connectivity index (χ4v) is 8.82. The van der Waals surface area contributed by atoms with E-state index in [1.54, 1.807) is 0 Å². The van der Waals surface area contributed by atoms with E-state index in [4.69, 9.17) is 0 Å². The topological polar surface area (TPSA) is 40.5 Å². The normalized spacial score (nSPS) is 46.9. The van der Waals surface area contributed by atoms with Crippen LogP contribution in [0.1, 0.15) is 92.9 Å². The summed E-state index contributed by atoms with van der Waals surface area (Å²) in [7, 11) is 0. The van der Waals surface area contributed by atoms with Crippen LogP contribution in [0.2, 0.25) is 0 Å². The van der Waals surface area contributed by atoms with Crippen LogP contribution in [0.4, 0.5) is 0 Å². The van der Waals surface area contributed by atoms with Crippen molar-refractivity contribution in [2.45, 2.75) is 105 Å². The third kappa shape index (κ3) is 3.88. The first-order chi connectivity index (χ1) is 14.6. The summed E-state index contributed by atoms with van der Waals surface area (Å²) in [6.45, 7) is 14.5. The van der Waals surface area contributed by atoms with E-state index < -0.39 is 0 Å². The molecular formula is C29H48O2. The van der Waals surface area contributed by atoms with Gasteiger partial charge in [-0.1, -0.05) is 65.3 Å². The van der Waals surface area contributed by atoms with Crippen LogP contribution in [0.3, 0.4) is 0 Å². The van der Waals surface area contributed by atoms with E-state index in [1.165, 1.54) is 37.7 Å². The minimum Gasteiger partial charge on any atom is -0.393 e. The third-order valence-electron chi connectivity index (χ3n) is 10.8. The van der Waals surface area contributed by atoms with Gasteiger partial charge in [0.25, 0.3) is 0 Å². The molecule has 7 unspecified atom stereocenters. The first-order valence-corrected chi connectivity index (χ1v) is 13.4. The molecule has 0 aromatic rings. The van der Waals surface area contributed by atoms with Crippen LogP contribution in [0, 0.1) is 52.3 Å². The van der Waals surface area contributed by atoms with E-state index >= 15 is 0 Å². The fourth-order valence-electron chi connectivity index (χ4n) is 8.82. The van der Waals surface area contributed by atoms with E-state index in [0.717, 1.165) is 25.2 Å². The lowest BCUT2D eigenvalue weighted by molar-refractivity contribution is -0.0950. The molecule has 2 nitrogen and oxygen atoms in total. The largest absolute Gasteiger partial charge is 0.393 e. The van der Waals surface area contributed by atoms with E-state index in [-0.39, 0.29) is 17.6 Å². The molecule has 0 spiro atoms. The number of allylic oxidation sites excluding steroid dienone is 2. The molecule has 2 N–H and O–H groups in total. The molecule has 2 heteroatoms. The van der Waals surface area contributed by atoms with Crippen LogP contribution in [0.15, 0.2) is 23.8 Å². The molecule has 176 valence electrons. The molecule has 0 aromatic carbocycles. The molecule has 4 aliphatic carbocycles. The van der Waals surface area contributed by atoms with Crippen molar-refractivity contribution in [2.24, 2.45) is 52.3 Å². The van der Waals surface area contributed by atoms with Gasteiger partial charge in [0.15, 0.2) is 0 Å². The molecule has 0 aliphatic heterocycles. The monoisotopic (exact) mass is 428 g/mol. The number of rotatable bonds is 5. The van der Waals surface area contributed by atoms with Gasteiger partial charge in [0.1, 0.15) is 0 Å². The van der Waals surface area contributed by atoms with Gasteiger partial charge in [0.2, 0.25) is 0 Å². The minimum atomic E-state index is -0.321. The highest BCUT2D eigenvalue weighted by molar-refractivity contribution is 5.28. The molecule has 4 rings (SSSR count). The van der Waals surface area contributed by atoms with Gasteiger partial charge in [-0.2, -0.15) is 0 Å². The Morgan fingerprint density at radius 2 is 1.74 bits per heavy atom. The van der Waals surface area contributed by atoms with Crippen LogP contribution < -0.4 is 0 Å². The molecule has 0 radical (unpaired) electrons. The molecule has 0 amide bonds. The van der Waals surface area contributed by atoms with Gasteiger partial charge in [-0.05, 0) is 104 Å². The van der Waals surface area contributed by atoms with Crippen molar-refractivity contribution in [2.75, 3.05) is 0 Å². The van der Waals surface area contributed by atoms with Gasteiger partial charge in [0.05, 0.1) is 12.2 Å². The van der Waals surface area contributed by atoms with Gasteiger partial charge >= 0.3 is 0 Å². The Hall–Kier alpha value is -0.600. The van der Waals surface area contributed by atoms with Crippen LogP contribution >= 0.6 is 0 Å². The molecule has 0 saturated heterocycles. The zero-order valence-corrected chi connectivity index (χ0v) is 21.0. The van der Waals surface area contributed by atoms with E-state index in [9.17, 15) is 10.2 Å². The Labute approximate surface area is 191 Å². The SMILES string of the molecule is CCC(/C=C/[C@@H](C)C1CCC2C3C(CCC21C)C1(C)CC[C@H](O)CC1=C[C@@H]3O)C(C)C. The van der Waals surface area contributed by atoms with Crippen molar-refractivity contribution in [3.05, 3.63) is 23.8 Å². The van der Waals surface area contributed by atoms with Crippen molar-refractivity contribution >= 4 is 0 Å². The first kappa shape index (κ1) is 23.6. The first-order valence-electron chi connectivity index (χ1n) is 13.4. The second-order valence-corrected chi connectivity index (χ2v) is 12.6. The Kier molecular flexibility index (Phi) is 6.56. The van der Waals surface area contributed by atoms with Gasteiger partial charge < -0.3 is 10.2 Å². The average Bonchev–Trinajstić information content (AvgIpc) is 3.06. The van der Waals surface area contributed by atoms with E-state index in [2.05, 4.69) is 59.8 Å². The summed E-state index contributed by atoms with van der Waals surface area (Å²) in [4.78, 5) is 0. The molecular weight excluding hydrogens is 380 g/mol. The molecule has 31 heavy (non-hydrogen) atoms. The maximum atomic E-state index is 11.3. The summed E-state index contributed by atoms with van der Waals surface area (Å²) in [5.74, 6) is 4.38. The Bertz CT molecular complexity index is 708. The Morgan fingerprint density at radius 1 is 1.00 bits per heavy atom. The molecule has 0 heterocycles. The van der Waals surface area contributed by atoms with Gasteiger partial charge in [-0.3, -0.25) is 0 Å². The standard InChI is InChI=1S/C29H48O2/c1-7-20(18(2)3)9-8-19(4)23-10-11-24-27-25(13-15-29(23,24)6)28(5)14-12-22(30)16-21(28)17-26(27)31/h8-9,17-20,22-27,30-31H,7,10-16H2,1-6H3/b9-8+/t19-,20?,22+,23?,24?,25?,26+,27?,28?,29?/m1/s1. The summed E-state index contributed by atoms with van der Waals surface area (Å²) in [6, 6.07) is 0. The van der Waals surface area contributed by atoms with Crippen LogP contribution in [-0.2, 0) is 0 Å². The molecule has 4 aliphatic rings. The van der Waals surface area contributed by atoms with Gasteiger partial charge in [-0.25, -0.2) is 0 Å². The lowest BCUT2D eigenvalue weighted by Gasteiger charge is -2.59. The Balaban J connectivity index is 1.56. The van der Waals surface area contributed by atoms with Crippen molar-refractivity contribution in [3.63, 3.8) is 0 Å². The lowest BCUT2D eigenvalue weighted by atomic mass is 9.46. The predicted octanol–water partition coefficient (Wildman–Crippen LogP) is 6.77. The molecule has 0 bridgehead atoms. The maximum Gasteiger partial charge on any atom is 0.0757 e. The number of aliphatic hydroxyl groups excluding tert-OH is 2. The number of fused-ring (bicyclic) bond motifs is 5. The molecule has 3 fully saturated rings. The second kappa shape index (κ2) is 8.64. The summed E-state index contributed by atoms with van der Waals surface area (Å²) in [6.07, 6.45) is 15.9. The third-order valence-corrected chi connectivity index (χ3v) is 10.8. The Morgan fingerprint density at radius 3 is 2.42 bits per heavy atom. The highest BCUT2D eigenvalue weighted by Crippen LogP contribution is 2.67. The maximum absolute atomic E-state index is 11.3.